The Balaban J connectivity index is 2.07. The van der Waals surface area contributed by atoms with Gasteiger partial charge in [0.25, 0.3) is 5.91 Å². The van der Waals surface area contributed by atoms with E-state index in [-0.39, 0.29) is 23.8 Å². The number of amides is 2. The molecule has 2 heterocycles. The first kappa shape index (κ1) is 20.1. The molecule has 0 unspecified atom stereocenters. The molecule has 8 heteroatoms. The lowest BCUT2D eigenvalue weighted by atomic mass is 9.92. The summed E-state index contributed by atoms with van der Waals surface area (Å²) in [5.41, 5.74) is 0.779. The largest absolute Gasteiger partial charge is 0.383 e. The number of aromatic nitrogens is 2. The molecule has 1 N–H and O–H groups in total. The number of nitrogens with zero attached hydrogens (tertiary/aromatic N) is 3. The number of anilines is 1. The lowest BCUT2D eigenvalue weighted by Gasteiger charge is -2.21. The number of nitrogens with one attached hydrogen (secondary N) is 1. The number of methoxy groups -OCH3 is 1. The van der Waals surface area contributed by atoms with Gasteiger partial charge in [-0.3, -0.25) is 14.3 Å². The van der Waals surface area contributed by atoms with E-state index in [0.717, 1.165) is 5.69 Å². The Morgan fingerprint density at radius 1 is 1.38 bits per heavy atom. The van der Waals surface area contributed by atoms with Crippen molar-refractivity contribution in [3.05, 3.63) is 34.2 Å². The van der Waals surface area contributed by atoms with Crippen LogP contribution in [-0.4, -0.2) is 53.3 Å². The van der Waals surface area contributed by atoms with Crippen molar-refractivity contribution in [2.45, 2.75) is 26.2 Å². The van der Waals surface area contributed by atoms with Crippen molar-refractivity contribution in [1.29, 1.82) is 0 Å². The van der Waals surface area contributed by atoms with Crippen LogP contribution in [0.15, 0.2) is 23.6 Å². The zero-order valence-electron chi connectivity index (χ0n) is 15.9. The second kappa shape index (κ2) is 8.46. The highest BCUT2D eigenvalue weighted by Gasteiger charge is 2.22. The minimum absolute atomic E-state index is 0.0455. The van der Waals surface area contributed by atoms with Gasteiger partial charge in [-0.15, -0.1) is 11.3 Å². The summed E-state index contributed by atoms with van der Waals surface area (Å²) in [4.78, 5) is 27.2. The van der Waals surface area contributed by atoms with Crippen LogP contribution in [0, 0.1) is 0 Å². The quantitative estimate of drug-likeness (QED) is 0.803. The molecule has 2 amide bonds. The van der Waals surface area contributed by atoms with Crippen molar-refractivity contribution < 1.29 is 14.3 Å². The number of carbonyl (C=O) groups excluding carboxylic acids is 2. The van der Waals surface area contributed by atoms with E-state index >= 15 is 0 Å². The van der Waals surface area contributed by atoms with Crippen LogP contribution in [0.4, 0.5) is 5.82 Å². The van der Waals surface area contributed by atoms with Gasteiger partial charge in [-0.25, -0.2) is 0 Å². The molecular formula is C18H26N4O3S. The zero-order chi connectivity index (χ0) is 19.3. The molecule has 0 radical (unpaired) electrons. The molecule has 2 rings (SSSR count). The van der Waals surface area contributed by atoms with Gasteiger partial charge in [-0.05, 0) is 11.4 Å². The van der Waals surface area contributed by atoms with Crippen molar-refractivity contribution in [1.82, 2.24) is 14.7 Å². The monoisotopic (exact) mass is 378 g/mol. The summed E-state index contributed by atoms with van der Waals surface area (Å²) in [6, 6.07) is 5.43. The molecule has 0 saturated heterocycles. The number of thiophene rings is 1. The molecule has 0 bridgehead atoms. The van der Waals surface area contributed by atoms with Gasteiger partial charge in [0.1, 0.15) is 12.4 Å². The first-order chi connectivity index (χ1) is 12.2. The van der Waals surface area contributed by atoms with Crippen LogP contribution in [0.2, 0.25) is 0 Å². The maximum atomic E-state index is 12.6. The molecule has 0 fully saturated rings. The Morgan fingerprint density at radius 3 is 2.65 bits per heavy atom. The van der Waals surface area contributed by atoms with Crippen molar-refractivity contribution in [2.75, 3.05) is 32.1 Å². The Labute approximate surface area is 157 Å². The van der Waals surface area contributed by atoms with E-state index in [2.05, 4.69) is 31.2 Å². The molecule has 0 spiro atoms. The van der Waals surface area contributed by atoms with E-state index in [4.69, 9.17) is 4.74 Å². The van der Waals surface area contributed by atoms with E-state index < -0.39 is 0 Å². The van der Waals surface area contributed by atoms with Crippen LogP contribution >= 0.6 is 11.3 Å². The number of hydrogen-bond donors (Lipinski definition) is 1. The summed E-state index contributed by atoms with van der Waals surface area (Å²) in [6.07, 6.45) is 0. The van der Waals surface area contributed by atoms with Crippen LogP contribution in [0.3, 0.4) is 0 Å². The summed E-state index contributed by atoms with van der Waals surface area (Å²) in [5.74, 6) is 0.164. The average molecular weight is 378 g/mol. The minimum atomic E-state index is -0.269. The van der Waals surface area contributed by atoms with Gasteiger partial charge in [0.05, 0.1) is 17.2 Å². The van der Waals surface area contributed by atoms with E-state index in [1.807, 2.05) is 17.5 Å². The smallest absolute Gasteiger partial charge is 0.264 e. The average Bonchev–Trinajstić information content (AvgIpc) is 3.21. The summed E-state index contributed by atoms with van der Waals surface area (Å²) >= 11 is 1.35. The van der Waals surface area contributed by atoms with Crippen LogP contribution in [0.5, 0.6) is 0 Å². The van der Waals surface area contributed by atoms with Gasteiger partial charge in [0.2, 0.25) is 5.91 Å². The summed E-state index contributed by atoms with van der Waals surface area (Å²) < 4.78 is 6.70. The fourth-order valence-corrected chi connectivity index (χ4v) is 3.01. The molecule has 2 aromatic heterocycles. The van der Waals surface area contributed by atoms with Crippen LogP contribution in [0.25, 0.3) is 0 Å². The molecule has 26 heavy (non-hydrogen) atoms. The number of hydrogen-bond acceptors (Lipinski definition) is 5. The zero-order valence-corrected chi connectivity index (χ0v) is 16.7. The maximum absolute atomic E-state index is 12.6. The highest BCUT2D eigenvalue weighted by molar-refractivity contribution is 7.12. The predicted octanol–water partition coefficient (Wildman–Crippen LogP) is 2.51. The molecule has 0 aliphatic carbocycles. The van der Waals surface area contributed by atoms with Gasteiger partial charge in [-0.2, -0.15) is 5.10 Å². The number of rotatable bonds is 7. The molecule has 7 nitrogen and oxygen atoms in total. The van der Waals surface area contributed by atoms with Crippen LogP contribution in [0.1, 0.15) is 36.1 Å². The van der Waals surface area contributed by atoms with Gasteiger partial charge in [0.15, 0.2) is 0 Å². The van der Waals surface area contributed by atoms with E-state index in [9.17, 15) is 9.59 Å². The Hall–Kier alpha value is -2.19. The van der Waals surface area contributed by atoms with Gasteiger partial charge in [-0.1, -0.05) is 26.8 Å². The Morgan fingerprint density at radius 2 is 2.12 bits per heavy atom. The highest BCUT2D eigenvalue weighted by atomic mass is 32.1. The first-order valence-corrected chi connectivity index (χ1v) is 9.26. The van der Waals surface area contributed by atoms with Crippen molar-refractivity contribution >= 4 is 29.0 Å². The summed E-state index contributed by atoms with van der Waals surface area (Å²) in [7, 11) is 3.35. The third-order valence-electron chi connectivity index (χ3n) is 3.83. The van der Waals surface area contributed by atoms with Crippen molar-refractivity contribution in [2.24, 2.45) is 7.05 Å². The fraction of sp³-hybridized carbons (Fsp3) is 0.500. The van der Waals surface area contributed by atoms with E-state index in [1.165, 1.54) is 16.2 Å². The Bertz CT molecular complexity index is 747. The van der Waals surface area contributed by atoms with E-state index in [1.54, 1.807) is 24.9 Å². The molecule has 0 aliphatic rings. The lowest BCUT2D eigenvalue weighted by molar-refractivity contribution is -0.117. The lowest BCUT2D eigenvalue weighted by Crippen LogP contribution is -2.39. The second-order valence-corrected chi connectivity index (χ2v) is 7.98. The van der Waals surface area contributed by atoms with Crippen LogP contribution < -0.4 is 5.32 Å². The molecule has 2 aromatic rings. The van der Waals surface area contributed by atoms with Crippen molar-refractivity contribution in [3.8, 4) is 0 Å². The normalized spacial score (nSPS) is 11.4. The number of aryl methyl sites for hydroxylation is 1. The standard InChI is InChI=1S/C18H26N4O3S/c1-18(2,3)14-11-15(21(4)20-14)19-16(23)12-22(8-9-25-5)17(24)13-7-6-10-26-13/h6-7,10-11H,8-9,12H2,1-5H3,(H,19,23). The molecule has 142 valence electrons. The summed E-state index contributed by atoms with van der Waals surface area (Å²) in [6.45, 7) is 6.85. The maximum Gasteiger partial charge on any atom is 0.264 e. The van der Waals surface area contributed by atoms with Gasteiger partial charge >= 0.3 is 0 Å². The van der Waals surface area contributed by atoms with Gasteiger partial charge < -0.3 is 15.0 Å². The molecule has 0 saturated carbocycles. The number of carbonyl (C=O) groups is 2. The predicted molar refractivity (Wildman–Crippen MR) is 103 cm³/mol. The van der Waals surface area contributed by atoms with Crippen LogP contribution in [-0.2, 0) is 22.0 Å². The molecule has 0 atom stereocenters. The topological polar surface area (TPSA) is 76.5 Å². The Kier molecular flexibility index (Phi) is 6.55. The molecular weight excluding hydrogens is 352 g/mol. The number of ether oxygens (including phenoxy) is 1. The summed E-state index contributed by atoms with van der Waals surface area (Å²) in [5, 5.41) is 9.12. The molecule has 0 aliphatic heterocycles. The second-order valence-electron chi connectivity index (χ2n) is 7.03. The highest BCUT2D eigenvalue weighted by Crippen LogP contribution is 2.23. The van der Waals surface area contributed by atoms with Gasteiger partial charge in [0, 0.05) is 32.2 Å². The molecule has 0 aromatic carbocycles. The SMILES string of the molecule is COCCN(CC(=O)Nc1cc(C(C)(C)C)nn1C)C(=O)c1cccs1. The first-order valence-electron chi connectivity index (χ1n) is 8.38. The third-order valence-corrected chi connectivity index (χ3v) is 4.69. The minimum Gasteiger partial charge on any atom is -0.383 e. The third kappa shape index (κ3) is 5.15. The van der Waals surface area contributed by atoms with E-state index in [0.29, 0.717) is 23.8 Å². The van der Waals surface area contributed by atoms with Crippen molar-refractivity contribution in [3.63, 3.8) is 0 Å². The fourth-order valence-electron chi connectivity index (χ4n) is 2.32.